The van der Waals surface area contributed by atoms with Gasteiger partial charge in [0.05, 0.1) is 0 Å². The van der Waals surface area contributed by atoms with Crippen molar-refractivity contribution in [2.24, 2.45) is 23.0 Å². The Bertz CT molecular complexity index is 151. The lowest BCUT2D eigenvalue weighted by molar-refractivity contribution is 0.193. The summed E-state index contributed by atoms with van der Waals surface area (Å²) >= 11 is 0. The van der Waals surface area contributed by atoms with Crippen LogP contribution in [0, 0.1) is 17.3 Å². The number of nitrogens with two attached hydrogens (primary N) is 1. The molecule has 0 aromatic rings. The molecule has 0 spiro atoms. The molecule has 0 aliphatic heterocycles. The molecular weight excluding hydrogens is 122 g/mol. The van der Waals surface area contributed by atoms with Crippen LogP contribution in [0.1, 0.15) is 33.1 Å². The third kappa shape index (κ3) is 0.731. The molecule has 1 unspecified atom stereocenters. The molecule has 0 aromatic carbocycles. The highest BCUT2D eigenvalue weighted by molar-refractivity contribution is 5.01. The predicted octanol–water partition coefficient (Wildman–Crippen LogP) is 1.77. The van der Waals surface area contributed by atoms with Crippen LogP contribution in [-0.4, -0.2) is 6.04 Å². The Morgan fingerprint density at radius 3 is 2.30 bits per heavy atom. The van der Waals surface area contributed by atoms with Crippen LogP contribution < -0.4 is 5.73 Å². The molecule has 1 heteroatoms. The van der Waals surface area contributed by atoms with Crippen molar-refractivity contribution in [1.82, 2.24) is 0 Å². The second-order valence-corrected chi connectivity index (χ2v) is 4.80. The van der Waals surface area contributed by atoms with Crippen molar-refractivity contribution in [3.8, 4) is 0 Å². The average Bonchev–Trinajstić information content (AvgIpc) is 2.18. The standard InChI is InChI=1S/C9H17N/c1-9(2)5-6-3-7(9)8(10)4-6/h6-8H,3-5,10H2,1-2H3/t6-,7+,8?/m1/s1. The smallest absolute Gasteiger partial charge is 0.00750 e. The zero-order valence-electron chi connectivity index (χ0n) is 6.93. The molecule has 2 bridgehead atoms. The highest BCUT2D eigenvalue weighted by atomic mass is 14.7. The minimum Gasteiger partial charge on any atom is -0.327 e. The molecule has 1 nitrogen and oxygen atoms in total. The lowest BCUT2D eigenvalue weighted by Gasteiger charge is -2.33. The van der Waals surface area contributed by atoms with E-state index in [4.69, 9.17) is 5.73 Å². The van der Waals surface area contributed by atoms with Gasteiger partial charge >= 0.3 is 0 Å². The Labute approximate surface area is 63.0 Å². The highest BCUT2D eigenvalue weighted by Gasteiger charge is 2.48. The summed E-state index contributed by atoms with van der Waals surface area (Å²) in [4.78, 5) is 0. The Kier molecular flexibility index (Phi) is 1.17. The van der Waals surface area contributed by atoms with Gasteiger partial charge < -0.3 is 5.73 Å². The van der Waals surface area contributed by atoms with Crippen LogP contribution in [0.4, 0.5) is 0 Å². The molecule has 0 saturated heterocycles. The van der Waals surface area contributed by atoms with Crippen LogP contribution in [-0.2, 0) is 0 Å². The minimum atomic E-state index is 0.522. The van der Waals surface area contributed by atoms with E-state index in [1.165, 1.54) is 19.3 Å². The first kappa shape index (κ1) is 6.66. The lowest BCUT2D eigenvalue weighted by atomic mass is 9.74. The van der Waals surface area contributed by atoms with Crippen molar-refractivity contribution >= 4 is 0 Å². The molecular formula is C9H17N. The first-order valence-corrected chi connectivity index (χ1v) is 4.35. The van der Waals surface area contributed by atoms with Crippen LogP contribution in [0.2, 0.25) is 0 Å². The number of hydrogen-bond donors (Lipinski definition) is 1. The van der Waals surface area contributed by atoms with Crippen molar-refractivity contribution in [2.75, 3.05) is 0 Å². The SMILES string of the molecule is CC1(C)C[C@H]2CC(N)[C@@H]1C2. The van der Waals surface area contributed by atoms with Gasteiger partial charge in [0.15, 0.2) is 0 Å². The fraction of sp³-hybridized carbons (Fsp3) is 1.00. The van der Waals surface area contributed by atoms with Gasteiger partial charge in [0.25, 0.3) is 0 Å². The molecule has 2 N–H and O–H groups in total. The largest absolute Gasteiger partial charge is 0.327 e. The molecule has 2 aliphatic rings. The van der Waals surface area contributed by atoms with Gasteiger partial charge in [0, 0.05) is 6.04 Å². The van der Waals surface area contributed by atoms with E-state index >= 15 is 0 Å². The summed E-state index contributed by atoms with van der Waals surface area (Å²) in [5.41, 5.74) is 6.55. The van der Waals surface area contributed by atoms with Crippen molar-refractivity contribution in [3.05, 3.63) is 0 Å². The van der Waals surface area contributed by atoms with Crippen LogP contribution >= 0.6 is 0 Å². The third-order valence-corrected chi connectivity index (χ3v) is 3.53. The van der Waals surface area contributed by atoms with Gasteiger partial charge in [-0.05, 0) is 36.5 Å². The summed E-state index contributed by atoms with van der Waals surface area (Å²) in [7, 11) is 0. The van der Waals surface area contributed by atoms with Gasteiger partial charge in [-0.15, -0.1) is 0 Å². The summed E-state index contributed by atoms with van der Waals surface area (Å²) in [6.45, 7) is 4.74. The summed E-state index contributed by atoms with van der Waals surface area (Å²) in [5, 5.41) is 0. The third-order valence-electron chi connectivity index (χ3n) is 3.53. The summed E-state index contributed by atoms with van der Waals surface area (Å²) < 4.78 is 0. The topological polar surface area (TPSA) is 26.0 Å². The van der Waals surface area contributed by atoms with Crippen LogP contribution in [0.5, 0.6) is 0 Å². The normalized spacial score (nSPS) is 50.1. The Balaban J connectivity index is 2.20. The van der Waals surface area contributed by atoms with E-state index in [1.54, 1.807) is 0 Å². The molecule has 0 radical (unpaired) electrons. The molecule has 3 atom stereocenters. The maximum absolute atomic E-state index is 6.00. The van der Waals surface area contributed by atoms with Gasteiger partial charge in [-0.1, -0.05) is 13.8 Å². The fourth-order valence-electron chi connectivity index (χ4n) is 3.14. The van der Waals surface area contributed by atoms with Gasteiger partial charge in [-0.25, -0.2) is 0 Å². The van der Waals surface area contributed by atoms with E-state index in [0.717, 1.165) is 11.8 Å². The Hall–Kier alpha value is -0.0400. The van der Waals surface area contributed by atoms with Crippen molar-refractivity contribution in [1.29, 1.82) is 0 Å². The fourth-order valence-corrected chi connectivity index (χ4v) is 3.14. The molecule has 2 saturated carbocycles. The molecule has 2 rings (SSSR count). The van der Waals surface area contributed by atoms with E-state index in [-0.39, 0.29) is 0 Å². The van der Waals surface area contributed by atoms with Gasteiger partial charge in [-0.2, -0.15) is 0 Å². The Morgan fingerprint density at radius 1 is 1.30 bits per heavy atom. The second kappa shape index (κ2) is 1.76. The molecule has 0 amide bonds. The second-order valence-electron chi connectivity index (χ2n) is 4.80. The van der Waals surface area contributed by atoms with Gasteiger partial charge in [0.1, 0.15) is 0 Å². The molecule has 0 heterocycles. The number of rotatable bonds is 0. The van der Waals surface area contributed by atoms with E-state index in [9.17, 15) is 0 Å². The van der Waals surface area contributed by atoms with Crippen molar-refractivity contribution in [3.63, 3.8) is 0 Å². The molecule has 0 aromatic heterocycles. The quantitative estimate of drug-likeness (QED) is 0.544. The first-order chi connectivity index (χ1) is 4.59. The summed E-state index contributed by atoms with van der Waals surface area (Å²) in [5.74, 6) is 1.80. The lowest BCUT2D eigenvalue weighted by Crippen LogP contribution is -2.36. The van der Waals surface area contributed by atoms with Crippen LogP contribution in [0.25, 0.3) is 0 Å². The van der Waals surface area contributed by atoms with Crippen molar-refractivity contribution < 1.29 is 0 Å². The molecule has 2 fully saturated rings. The summed E-state index contributed by atoms with van der Waals surface area (Å²) in [6.07, 6.45) is 4.13. The number of hydrogen-bond acceptors (Lipinski definition) is 1. The molecule has 2 aliphatic carbocycles. The highest BCUT2D eigenvalue weighted by Crippen LogP contribution is 2.54. The summed E-state index contributed by atoms with van der Waals surface area (Å²) in [6, 6.07) is 0.522. The predicted molar refractivity (Wildman–Crippen MR) is 42.6 cm³/mol. The van der Waals surface area contributed by atoms with E-state index in [2.05, 4.69) is 13.8 Å². The van der Waals surface area contributed by atoms with E-state index in [0.29, 0.717) is 11.5 Å². The maximum Gasteiger partial charge on any atom is 0.00750 e. The molecule has 58 valence electrons. The zero-order chi connectivity index (χ0) is 7.35. The van der Waals surface area contributed by atoms with Crippen LogP contribution in [0.15, 0.2) is 0 Å². The van der Waals surface area contributed by atoms with Gasteiger partial charge in [0.2, 0.25) is 0 Å². The monoisotopic (exact) mass is 139 g/mol. The zero-order valence-corrected chi connectivity index (χ0v) is 6.93. The van der Waals surface area contributed by atoms with Crippen molar-refractivity contribution in [2.45, 2.75) is 39.2 Å². The van der Waals surface area contributed by atoms with Gasteiger partial charge in [-0.3, -0.25) is 0 Å². The van der Waals surface area contributed by atoms with Crippen LogP contribution in [0.3, 0.4) is 0 Å². The number of fused-ring (bicyclic) bond motifs is 2. The Morgan fingerprint density at radius 2 is 2.00 bits per heavy atom. The molecule has 10 heavy (non-hydrogen) atoms. The average molecular weight is 139 g/mol. The van der Waals surface area contributed by atoms with E-state index in [1.807, 2.05) is 0 Å². The van der Waals surface area contributed by atoms with E-state index < -0.39 is 0 Å². The maximum atomic E-state index is 6.00. The first-order valence-electron chi connectivity index (χ1n) is 4.35. The minimum absolute atomic E-state index is 0.522.